The second-order valence-corrected chi connectivity index (χ2v) is 8.75. The number of aryl methyl sites for hydroxylation is 1. The fraction of sp³-hybridized carbons (Fsp3) is 0.667. The zero-order valence-corrected chi connectivity index (χ0v) is 19.5. The molecule has 10 heteroatoms. The summed E-state index contributed by atoms with van der Waals surface area (Å²) in [5.41, 5.74) is 6.65. The van der Waals surface area contributed by atoms with E-state index in [2.05, 4.69) is 27.8 Å². The first kappa shape index (κ1) is 25.8. The Balaban J connectivity index is 1.60. The lowest BCUT2D eigenvalue weighted by Crippen LogP contribution is -2.35. The molecule has 1 aromatic rings. The van der Waals surface area contributed by atoms with Crippen LogP contribution in [0.1, 0.15) is 57.6 Å². The minimum absolute atomic E-state index is 0.00627. The van der Waals surface area contributed by atoms with E-state index in [1.54, 1.807) is 6.21 Å². The van der Waals surface area contributed by atoms with Gasteiger partial charge in [-0.1, -0.05) is 32.1 Å². The fourth-order valence-electron chi connectivity index (χ4n) is 4.30. The van der Waals surface area contributed by atoms with Crippen molar-refractivity contribution in [3.8, 4) is 12.3 Å². The van der Waals surface area contributed by atoms with Crippen LogP contribution in [0.2, 0.25) is 0 Å². The van der Waals surface area contributed by atoms with Crippen molar-refractivity contribution in [3.05, 3.63) is 11.8 Å². The highest BCUT2D eigenvalue weighted by molar-refractivity contribution is 5.73. The minimum atomic E-state index is -0.970. The third-order valence-electron chi connectivity index (χ3n) is 6.16. The number of fused-ring (bicyclic) bond motifs is 1. The second kappa shape index (κ2) is 12.6. The minimum Gasteiger partial charge on any atom is -0.434 e. The summed E-state index contributed by atoms with van der Waals surface area (Å²) in [6.07, 6.45) is 9.56. The van der Waals surface area contributed by atoms with Crippen LogP contribution in [0.3, 0.4) is 0 Å². The van der Waals surface area contributed by atoms with Crippen molar-refractivity contribution >= 4 is 23.9 Å². The largest absolute Gasteiger partial charge is 0.508 e. The topological polar surface area (TPSA) is 129 Å². The van der Waals surface area contributed by atoms with Crippen LogP contribution < -0.4 is 5.73 Å². The number of halogens is 1. The molecule has 5 atom stereocenters. The van der Waals surface area contributed by atoms with Crippen molar-refractivity contribution < 1.29 is 28.5 Å². The molecule has 1 aromatic heterocycles. The first-order valence-corrected chi connectivity index (χ1v) is 11.9. The van der Waals surface area contributed by atoms with Crippen LogP contribution >= 0.6 is 0 Å². The van der Waals surface area contributed by atoms with Crippen LogP contribution in [-0.4, -0.2) is 59.0 Å². The standard InChI is InChI=1S/C24H33FN4O5/c1-3-5-6-7-10-32-24(31)34-20-12-16(33-14-19(30)17(20)4-2)11-15-8-9-18-21(27-13-15)22(26)29-23(25)28-18/h2,13,15-17,19-20,30H,3,5-12,14H2,1H3,(H2,26,28,29)/t15?,16-,17-,19?,20-/m0/s1. The lowest BCUT2D eigenvalue weighted by molar-refractivity contribution is -0.0134. The van der Waals surface area contributed by atoms with Gasteiger partial charge in [0.15, 0.2) is 5.82 Å². The van der Waals surface area contributed by atoms with Gasteiger partial charge in [0.2, 0.25) is 0 Å². The molecule has 186 valence electrons. The number of carbonyl (C=O) groups is 1. The van der Waals surface area contributed by atoms with E-state index >= 15 is 0 Å². The van der Waals surface area contributed by atoms with Gasteiger partial charge < -0.3 is 25.1 Å². The first-order valence-electron chi connectivity index (χ1n) is 11.9. The molecular weight excluding hydrogens is 443 g/mol. The van der Waals surface area contributed by atoms with Gasteiger partial charge in [-0.15, -0.1) is 6.42 Å². The van der Waals surface area contributed by atoms with Gasteiger partial charge in [-0.3, -0.25) is 4.99 Å². The number of ether oxygens (including phenoxy) is 3. The van der Waals surface area contributed by atoms with E-state index < -0.39 is 30.4 Å². The molecule has 1 saturated heterocycles. The van der Waals surface area contributed by atoms with Crippen LogP contribution in [0.15, 0.2) is 4.99 Å². The molecule has 2 aliphatic rings. The van der Waals surface area contributed by atoms with Gasteiger partial charge in [-0.05, 0) is 31.6 Å². The predicted octanol–water partition coefficient (Wildman–Crippen LogP) is 3.35. The fourth-order valence-corrected chi connectivity index (χ4v) is 4.30. The maximum atomic E-state index is 13.5. The molecule has 0 amide bonds. The number of rotatable bonds is 8. The number of unbranched alkanes of at least 4 members (excludes halogenated alkanes) is 3. The molecule has 0 bridgehead atoms. The van der Waals surface area contributed by atoms with Crippen molar-refractivity contribution in [1.29, 1.82) is 0 Å². The Bertz CT molecular complexity index is 906. The number of nitrogens with two attached hydrogens (primary N) is 1. The number of terminal acetylenes is 1. The lowest BCUT2D eigenvalue weighted by Gasteiger charge is -2.25. The quantitative estimate of drug-likeness (QED) is 0.253. The molecule has 0 saturated carbocycles. The van der Waals surface area contributed by atoms with Crippen molar-refractivity contribution in [2.75, 3.05) is 18.9 Å². The molecule has 9 nitrogen and oxygen atoms in total. The number of nitrogens with zero attached hydrogens (tertiary/aromatic N) is 3. The number of carbonyl (C=O) groups excluding carboxylic acids is 1. The summed E-state index contributed by atoms with van der Waals surface area (Å²) in [5, 5.41) is 10.5. The van der Waals surface area contributed by atoms with Gasteiger partial charge in [0.05, 0.1) is 37.0 Å². The van der Waals surface area contributed by atoms with E-state index in [4.69, 9.17) is 26.4 Å². The normalized spacial score (nSPS) is 26.6. The Morgan fingerprint density at radius 2 is 2.21 bits per heavy atom. The summed E-state index contributed by atoms with van der Waals surface area (Å²) in [7, 11) is 0. The summed E-state index contributed by atoms with van der Waals surface area (Å²) in [6.45, 7) is 2.41. The average molecular weight is 477 g/mol. The number of nitrogen functional groups attached to an aromatic ring is 1. The molecule has 3 heterocycles. The average Bonchev–Trinajstić information content (AvgIpc) is 3.08. The van der Waals surface area contributed by atoms with E-state index in [0.29, 0.717) is 37.1 Å². The SMILES string of the molecule is C#C[C@H]1C(O)CO[C@@H](CC2C=Nc3c(N)nc(F)nc3CC2)C[C@@H]1OC(=O)OCCCCCC. The molecule has 0 radical (unpaired) electrons. The zero-order valence-electron chi connectivity index (χ0n) is 19.5. The molecule has 0 aliphatic carbocycles. The van der Waals surface area contributed by atoms with Gasteiger partial charge in [-0.25, -0.2) is 9.78 Å². The summed E-state index contributed by atoms with van der Waals surface area (Å²) in [5.74, 6) is 1.82. The van der Waals surface area contributed by atoms with Gasteiger partial charge in [0.1, 0.15) is 11.8 Å². The molecule has 3 rings (SSSR count). The van der Waals surface area contributed by atoms with Crippen molar-refractivity contribution in [1.82, 2.24) is 9.97 Å². The van der Waals surface area contributed by atoms with E-state index in [1.165, 1.54) is 0 Å². The number of aliphatic imine (C=N–C) groups is 1. The first-order chi connectivity index (χ1) is 16.4. The monoisotopic (exact) mass is 476 g/mol. The maximum Gasteiger partial charge on any atom is 0.508 e. The summed E-state index contributed by atoms with van der Waals surface area (Å²) in [6, 6.07) is 0. The lowest BCUT2D eigenvalue weighted by atomic mass is 9.90. The number of aliphatic hydroxyl groups excluding tert-OH is 1. The van der Waals surface area contributed by atoms with Gasteiger partial charge >= 0.3 is 12.2 Å². The van der Waals surface area contributed by atoms with E-state index in [1.807, 2.05) is 0 Å². The van der Waals surface area contributed by atoms with Crippen LogP contribution in [0, 0.1) is 30.3 Å². The Kier molecular flexibility index (Phi) is 9.60. The molecule has 2 aliphatic heterocycles. The smallest absolute Gasteiger partial charge is 0.434 e. The van der Waals surface area contributed by atoms with Gasteiger partial charge in [0, 0.05) is 12.6 Å². The zero-order chi connectivity index (χ0) is 24.5. The molecule has 1 fully saturated rings. The van der Waals surface area contributed by atoms with Gasteiger partial charge in [-0.2, -0.15) is 9.37 Å². The number of anilines is 1. The Morgan fingerprint density at radius 3 is 2.97 bits per heavy atom. The predicted molar refractivity (Wildman–Crippen MR) is 124 cm³/mol. The van der Waals surface area contributed by atoms with E-state index in [0.717, 1.165) is 25.7 Å². The number of aromatic nitrogens is 2. The van der Waals surface area contributed by atoms with E-state index in [9.17, 15) is 14.3 Å². The highest BCUT2D eigenvalue weighted by Crippen LogP contribution is 2.32. The van der Waals surface area contributed by atoms with Crippen LogP contribution in [-0.2, 0) is 20.6 Å². The summed E-state index contributed by atoms with van der Waals surface area (Å²) in [4.78, 5) is 24.0. The third-order valence-corrected chi connectivity index (χ3v) is 6.16. The Morgan fingerprint density at radius 1 is 1.38 bits per heavy atom. The van der Waals surface area contributed by atoms with Crippen LogP contribution in [0.25, 0.3) is 0 Å². The molecule has 2 unspecified atom stereocenters. The Hall–Kier alpha value is -2.77. The Labute approximate surface area is 199 Å². The van der Waals surface area contributed by atoms with Crippen molar-refractivity contribution in [2.45, 2.75) is 76.6 Å². The highest BCUT2D eigenvalue weighted by atomic mass is 19.1. The van der Waals surface area contributed by atoms with Gasteiger partial charge in [0.25, 0.3) is 0 Å². The van der Waals surface area contributed by atoms with E-state index in [-0.39, 0.29) is 31.1 Å². The summed E-state index contributed by atoms with van der Waals surface area (Å²) < 4.78 is 30.1. The molecular formula is C24H33FN4O5. The number of hydrogen-bond donors (Lipinski definition) is 2. The molecule has 0 aromatic carbocycles. The van der Waals surface area contributed by atoms with Crippen LogP contribution in [0.4, 0.5) is 20.7 Å². The number of hydrogen-bond acceptors (Lipinski definition) is 9. The number of aliphatic hydroxyl groups is 1. The molecule has 34 heavy (non-hydrogen) atoms. The molecule has 3 N–H and O–H groups in total. The summed E-state index contributed by atoms with van der Waals surface area (Å²) >= 11 is 0. The second-order valence-electron chi connectivity index (χ2n) is 8.75. The molecule has 0 spiro atoms. The highest BCUT2D eigenvalue weighted by Gasteiger charge is 2.37. The van der Waals surface area contributed by atoms with Crippen molar-refractivity contribution in [2.24, 2.45) is 16.8 Å². The third kappa shape index (κ3) is 7.11. The van der Waals surface area contributed by atoms with Crippen molar-refractivity contribution in [3.63, 3.8) is 0 Å². The maximum absolute atomic E-state index is 13.5. The van der Waals surface area contributed by atoms with Crippen LogP contribution in [0.5, 0.6) is 0 Å².